The van der Waals surface area contributed by atoms with E-state index in [-0.39, 0.29) is 36.0 Å². The van der Waals surface area contributed by atoms with Crippen molar-refractivity contribution in [3.05, 3.63) is 125 Å². The summed E-state index contributed by atoms with van der Waals surface area (Å²) < 4.78 is 7.62. The van der Waals surface area contributed by atoms with Crippen LogP contribution >= 0.6 is 12.4 Å². The van der Waals surface area contributed by atoms with E-state index in [2.05, 4.69) is 28.0 Å². The minimum Gasteiger partial charge on any atom is -0.508 e. The van der Waals surface area contributed by atoms with Gasteiger partial charge in [-0.3, -0.25) is 19.4 Å². The van der Waals surface area contributed by atoms with Crippen LogP contribution in [0.1, 0.15) is 43.1 Å². The molecule has 0 radical (unpaired) electrons. The lowest BCUT2D eigenvalue weighted by molar-refractivity contribution is 0.0193. The van der Waals surface area contributed by atoms with E-state index < -0.39 is 0 Å². The molecule has 0 aliphatic carbocycles. The first-order valence-corrected chi connectivity index (χ1v) is 18.0. The highest BCUT2D eigenvalue weighted by Crippen LogP contribution is 2.36. The highest BCUT2D eigenvalue weighted by molar-refractivity contribution is 6.12. The van der Waals surface area contributed by atoms with Gasteiger partial charge in [0, 0.05) is 81.1 Å². The van der Waals surface area contributed by atoms with Crippen LogP contribution < -0.4 is 9.80 Å². The third-order valence-corrected chi connectivity index (χ3v) is 11.0. The summed E-state index contributed by atoms with van der Waals surface area (Å²) in [6, 6.07) is 26.8. The number of amides is 2. The molecule has 3 aliphatic heterocycles. The first kappa shape index (κ1) is 36.2. The lowest BCUT2D eigenvalue weighted by Crippen LogP contribution is -2.52. The maximum absolute atomic E-state index is 14.8. The van der Waals surface area contributed by atoms with Crippen molar-refractivity contribution in [2.45, 2.75) is 32.4 Å². The second-order valence-electron chi connectivity index (χ2n) is 14.1. The van der Waals surface area contributed by atoms with Crippen molar-refractivity contribution < 1.29 is 19.4 Å². The molecule has 274 valence electrons. The fourth-order valence-electron chi connectivity index (χ4n) is 7.93. The van der Waals surface area contributed by atoms with Crippen LogP contribution in [0.25, 0.3) is 11.3 Å². The Morgan fingerprint density at radius 1 is 0.868 bits per heavy atom. The normalized spacial score (nSPS) is 16.8. The van der Waals surface area contributed by atoms with Gasteiger partial charge in [-0.1, -0.05) is 42.5 Å². The lowest BCUT2D eigenvalue weighted by atomic mass is 9.92. The number of benzene rings is 3. The highest BCUT2D eigenvalue weighted by atomic mass is 35.5. The molecule has 3 aromatic carbocycles. The third kappa shape index (κ3) is 6.90. The smallest absolute Gasteiger partial charge is 0.264 e. The number of ether oxygens (including phenoxy) is 1. The molecule has 1 saturated heterocycles. The molecular weight excluding hydrogens is 688 g/mol. The average Bonchev–Trinajstić information content (AvgIpc) is 3.69. The molecule has 2 amide bonds. The minimum absolute atomic E-state index is 0. The van der Waals surface area contributed by atoms with Gasteiger partial charge in [0.25, 0.3) is 11.8 Å². The Labute approximate surface area is 316 Å². The van der Waals surface area contributed by atoms with Crippen molar-refractivity contribution in [3.8, 4) is 17.0 Å². The molecular formula is C42H45ClN6O4. The molecule has 1 fully saturated rings. The minimum atomic E-state index is -0.222. The number of likely N-dealkylation sites (N-methyl/N-ethyl adjacent to an activating group) is 1. The highest BCUT2D eigenvalue weighted by Gasteiger charge is 2.34. The number of anilines is 3. The van der Waals surface area contributed by atoms with Gasteiger partial charge in [-0.15, -0.1) is 12.4 Å². The fraction of sp³-hybridized carbons (Fsp3) is 0.310. The predicted octanol–water partition coefficient (Wildman–Crippen LogP) is 6.39. The molecule has 0 bridgehead atoms. The van der Waals surface area contributed by atoms with E-state index in [1.807, 2.05) is 73.0 Å². The van der Waals surface area contributed by atoms with Crippen LogP contribution in [0.2, 0.25) is 0 Å². The molecule has 11 heteroatoms. The molecule has 0 unspecified atom stereocenters. The molecule has 8 rings (SSSR count). The molecule has 10 nitrogen and oxygen atoms in total. The molecule has 2 aromatic heterocycles. The van der Waals surface area contributed by atoms with E-state index in [9.17, 15) is 14.7 Å². The average molecular weight is 733 g/mol. The Kier molecular flexibility index (Phi) is 10.3. The molecule has 0 spiro atoms. The monoisotopic (exact) mass is 732 g/mol. The van der Waals surface area contributed by atoms with Crippen LogP contribution in [0, 0.1) is 6.92 Å². The molecule has 3 aliphatic rings. The Hall–Kier alpha value is -5.16. The summed E-state index contributed by atoms with van der Waals surface area (Å²) in [7, 11) is 3.96. The number of halogens is 1. The molecule has 5 heterocycles. The quantitative estimate of drug-likeness (QED) is 0.207. The number of aromatic nitrogens is 2. The number of carbonyl (C=O) groups is 2. The molecule has 5 aromatic rings. The Morgan fingerprint density at radius 2 is 1.58 bits per heavy atom. The standard InChI is InChI=1S/C42H44N6O4.ClH/c1-28-38(42(51)48(32-12-14-35(49)15-13-32)33-23-30-16-17-44(2)40(30)43-25-33)24-39(45(28)3)36-10-6-7-11-37(36)41(50)47-26-31-9-5-4-8-29(31)22-34(47)27-46-18-20-52-21-19-46;/h4-15,23-25,34,49H,16-22,26-27H2,1-3H3;1H/t34-;/m0./s1. The van der Waals surface area contributed by atoms with Gasteiger partial charge in [0.2, 0.25) is 0 Å². The first-order valence-electron chi connectivity index (χ1n) is 18.0. The van der Waals surface area contributed by atoms with Crippen molar-refractivity contribution in [2.24, 2.45) is 7.05 Å². The molecule has 1 N–H and O–H groups in total. The van der Waals surface area contributed by atoms with Crippen LogP contribution in [-0.2, 0) is 31.2 Å². The topological polar surface area (TPSA) is 94.4 Å². The summed E-state index contributed by atoms with van der Waals surface area (Å²) in [6.45, 7) is 7.26. The number of morpholine rings is 1. The van der Waals surface area contributed by atoms with Gasteiger partial charge in [-0.05, 0) is 78.9 Å². The molecule has 1 atom stereocenters. The van der Waals surface area contributed by atoms with Gasteiger partial charge < -0.3 is 24.2 Å². The molecule has 53 heavy (non-hydrogen) atoms. The van der Waals surface area contributed by atoms with Crippen molar-refractivity contribution in [1.29, 1.82) is 0 Å². The van der Waals surface area contributed by atoms with E-state index in [0.717, 1.165) is 67.4 Å². The third-order valence-electron chi connectivity index (χ3n) is 11.0. The van der Waals surface area contributed by atoms with E-state index in [4.69, 9.17) is 9.72 Å². The van der Waals surface area contributed by atoms with Gasteiger partial charge in [0.1, 0.15) is 11.6 Å². The van der Waals surface area contributed by atoms with Crippen molar-refractivity contribution >= 4 is 41.4 Å². The fourth-order valence-corrected chi connectivity index (χ4v) is 7.93. The van der Waals surface area contributed by atoms with Crippen LogP contribution in [0.3, 0.4) is 0 Å². The zero-order valence-electron chi connectivity index (χ0n) is 30.4. The second kappa shape index (κ2) is 15.1. The summed E-state index contributed by atoms with van der Waals surface area (Å²) in [5, 5.41) is 10.1. The van der Waals surface area contributed by atoms with Crippen molar-refractivity contribution in [2.75, 3.05) is 56.2 Å². The van der Waals surface area contributed by atoms with Gasteiger partial charge in [-0.25, -0.2) is 4.98 Å². The van der Waals surface area contributed by atoms with E-state index in [1.54, 1.807) is 35.4 Å². The van der Waals surface area contributed by atoms with Crippen LogP contribution in [0.5, 0.6) is 5.75 Å². The number of pyridine rings is 1. The number of hydrogen-bond acceptors (Lipinski definition) is 7. The number of phenolic OH excluding ortho intramolecular Hbond substituents is 1. The largest absolute Gasteiger partial charge is 0.508 e. The number of phenols is 1. The second-order valence-corrected chi connectivity index (χ2v) is 14.1. The first-order chi connectivity index (χ1) is 25.3. The summed E-state index contributed by atoms with van der Waals surface area (Å²) in [4.78, 5) is 42.5. The van der Waals surface area contributed by atoms with Gasteiger partial charge in [0.05, 0.1) is 30.7 Å². The number of rotatable bonds is 7. The Bertz CT molecular complexity index is 2140. The van der Waals surface area contributed by atoms with Crippen LogP contribution in [0.15, 0.2) is 91.1 Å². The summed E-state index contributed by atoms with van der Waals surface area (Å²) in [5.41, 5.74) is 8.29. The molecule has 0 saturated carbocycles. The number of hydrogen-bond donors (Lipinski definition) is 1. The van der Waals surface area contributed by atoms with Gasteiger partial charge in [-0.2, -0.15) is 0 Å². The predicted molar refractivity (Wildman–Crippen MR) is 210 cm³/mol. The van der Waals surface area contributed by atoms with Crippen LogP contribution in [0.4, 0.5) is 17.2 Å². The maximum Gasteiger partial charge on any atom is 0.264 e. The SMILES string of the molecule is Cc1c(C(=O)N(c2ccc(O)cc2)c2cnc3c(c2)CCN3C)cc(-c2ccccc2C(=O)N2Cc3ccccc3C[C@H]2CN2CCOCC2)n1C.Cl. The van der Waals surface area contributed by atoms with E-state index in [1.165, 1.54) is 11.1 Å². The summed E-state index contributed by atoms with van der Waals surface area (Å²) in [5.74, 6) is 0.800. The lowest BCUT2D eigenvalue weighted by Gasteiger charge is -2.40. The van der Waals surface area contributed by atoms with E-state index >= 15 is 0 Å². The van der Waals surface area contributed by atoms with Crippen molar-refractivity contribution in [1.82, 2.24) is 19.4 Å². The number of carbonyl (C=O) groups excluding carboxylic acids is 2. The van der Waals surface area contributed by atoms with Crippen LogP contribution in [-0.4, -0.2) is 88.8 Å². The number of aromatic hydroxyl groups is 1. The van der Waals surface area contributed by atoms with E-state index in [0.29, 0.717) is 42.3 Å². The van der Waals surface area contributed by atoms with Gasteiger partial charge in [0.15, 0.2) is 0 Å². The maximum atomic E-state index is 14.8. The van der Waals surface area contributed by atoms with Crippen molar-refractivity contribution in [3.63, 3.8) is 0 Å². The Balaban J connectivity index is 0.00000435. The van der Waals surface area contributed by atoms with Gasteiger partial charge >= 0.3 is 0 Å². The summed E-state index contributed by atoms with van der Waals surface area (Å²) in [6.07, 6.45) is 3.38. The zero-order valence-corrected chi connectivity index (χ0v) is 31.2. The zero-order chi connectivity index (χ0) is 35.9. The Morgan fingerprint density at radius 3 is 2.36 bits per heavy atom. The number of nitrogens with zero attached hydrogens (tertiary/aromatic N) is 6. The summed E-state index contributed by atoms with van der Waals surface area (Å²) >= 11 is 0. The number of fused-ring (bicyclic) bond motifs is 2.